The predicted molar refractivity (Wildman–Crippen MR) is 86.1 cm³/mol. The highest BCUT2D eigenvalue weighted by Gasteiger charge is 2.21. The molecule has 0 amide bonds. The zero-order valence-electron chi connectivity index (χ0n) is 12.4. The zero-order chi connectivity index (χ0) is 16.4. The van der Waals surface area contributed by atoms with E-state index in [1.165, 1.54) is 18.2 Å². The summed E-state index contributed by atoms with van der Waals surface area (Å²) in [6.45, 7) is 2.79. The van der Waals surface area contributed by atoms with Gasteiger partial charge >= 0.3 is 10.1 Å². The fraction of sp³-hybridized carbons (Fsp3) is 0.250. The average molecular weight is 355 g/mol. The molecule has 1 heterocycles. The first-order chi connectivity index (χ1) is 11.0. The van der Waals surface area contributed by atoms with E-state index in [2.05, 4.69) is 0 Å². The summed E-state index contributed by atoms with van der Waals surface area (Å²) in [7, 11) is -3.97. The summed E-state index contributed by atoms with van der Waals surface area (Å²) in [6.07, 6.45) is 0.747. The van der Waals surface area contributed by atoms with Gasteiger partial charge in [0.2, 0.25) is 0 Å². The first kappa shape index (κ1) is 16.0. The number of hydrogen-bond donors (Lipinski definition) is 0. The summed E-state index contributed by atoms with van der Waals surface area (Å²) in [4.78, 5) is 0.00866. The highest BCUT2D eigenvalue weighted by molar-refractivity contribution is 7.87. The molecule has 0 fully saturated rings. The summed E-state index contributed by atoms with van der Waals surface area (Å²) < 4.78 is 41.0. The van der Waals surface area contributed by atoms with Crippen LogP contribution < -0.4 is 13.7 Å². The van der Waals surface area contributed by atoms with Gasteiger partial charge in [-0.2, -0.15) is 8.42 Å². The van der Waals surface area contributed by atoms with Gasteiger partial charge < -0.3 is 13.7 Å². The third-order valence-electron chi connectivity index (χ3n) is 3.34. The Bertz CT molecular complexity index is 832. The van der Waals surface area contributed by atoms with Crippen molar-refractivity contribution in [2.75, 3.05) is 13.2 Å². The maximum absolute atomic E-state index is 12.4. The molecule has 0 saturated heterocycles. The van der Waals surface area contributed by atoms with Gasteiger partial charge in [0, 0.05) is 17.5 Å². The molecule has 1 aliphatic heterocycles. The van der Waals surface area contributed by atoms with Crippen LogP contribution in [0.1, 0.15) is 12.0 Å². The van der Waals surface area contributed by atoms with Crippen LogP contribution in [-0.4, -0.2) is 21.6 Å². The van der Waals surface area contributed by atoms with Gasteiger partial charge in [-0.3, -0.25) is 0 Å². The van der Waals surface area contributed by atoms with E-state index in [0.717, 1.165) is 12.0 Å². The van der Waals surface area contributed by atoms with Gasteiger partial charge in [-0.05, 0) is 42.8 Å². The molecule has 122 valence electrons. The largest absolute Gasteiger partial charge is 0.490 e. The Balaban J connectivity index is 1.90. The van der Waals surface area contributed by atoms with Gasteiger partial charge in [-0.15, -0.1) is 0 Å². The zero-order valence-corrected chi connectivity index (χ0v) is 14.0. The topological polar surface area (TPSA) is 61.8 Å². The van der Waals surface area contributed by atoms with Crippen molar-refractivity contribution in [1.29, 1.82) is 0 Å². The Kier molecular flexibility index (Phi) is 4.37. The molecule has 0 atom stereocenters. The summed E-state index contributed by atoms with van der Waals surface area (Å²) >= 11 is 5.93. The Morgan fingerprint density at radius 2 is 1.78 bits per heavy atom. The quantitative estimate of drug-likeness (QED) is 0.788. The SMILES string of the molecule is Cc1cc(OS(=O)(=O)c2ccc3c(c2)OCCCO3)ccc1Cl. The van der Waals surface area contributed by atoms with Crippen LogP contribution in [0.5, 0.6) is 17.2 Å². The molecule has 0 radical (unpaired) electrons. The van der Waals surface area contributed by atoms with E-state index in [4.69, 9.17) is 25.3 Å². The third-order valence-corrected chi connectivity index (χ3v) is 5.01. The molecule has 0 saturated carbocycles. The van der Waals surface area contributed by atoms with E-state index in [1.807, 2.05) is 0 Å². The molecule has 0 aliphatic carbocycles. The minimum Gasteiger partial charge on any atom is -0.490 e. The van der Waals surface area contributed by atoms with Crippen molar-refractivity contribution >= 4 is 21.7 Å². The Morgan fingerprint density at radius 3 is 2.52 bits per heavy atom. The molecule has 7 heteroatoms. The Labute approximate surface area is 139 Å². The fourth-order valence-corrected chi connectivity index (χ4v) is 3.20. The lowest BCUT2D eigenvalue weighted by atomic mass is 10.2. The van der Waals surface area contributed by atoms with Crippen LogP contribution in [0, 0.1) is 6.92 Å². The molecule has 23 heavy (non-hydrogen) atoms. The van der Waals surface area contributed by atoms with Gasteiger partial charge in [-0.1, -0.05) is 11.6 Å². The van der Waals surface area contributed by atoms with Gasteiger partial charge in [0.15, 0.2) is 11.5 Å². The molecule has 0 aromatic heterocycles. The van der Waals surface area contributed by atoms with Crippen molar-refractivity contribution < 1.29 is 22.1 Å². The highest BCUT2D eigenvalue weighted by Crippen LogP contribution is 2.33. The number of halogens is 1. The first-order valence-corrected chi connectivity index (χ1v) is 8.85. The van der Waals surface area contributed by atoms with E-state index in [1.54, 1.807) is 25.1 Å². The maximum atomic E-state index is 12.4. The smallest absolute Gasteiger partial charge is 0.339 e. The summed E-state index contributed by atoms with van der Waals surface area (Å²) in [5.74, 6) is 1.14. The normalized spacial score (nSPS) is 14.2. The van der Waals surface area contributed by atoms with Crippen LogP contribution in [0.25, 0.3) is 0 Å². The lowest BCUT2D eigenvalue weighted by molar-refractivity contribution is 0.296. The molecule has 2 aromatic rings. The van der Waals surface area contributed by atoms with Crippen LogP contribution in [0.4, 0.5) is 0 Å². The molecule has 0 N–H and O–H groups in total. The molecule has 0 bridgehead atoms. The van der Waals surface area contributed by atoms with Crippen LogP contribution in [0.15, 0.2) is 41.3 Å². The van der Waals surface area contributed by atoms with Gasteiger partial charge in [-0.25, -0.2) is 0 Å². The Morgan fingerprint density at radius 1 is 1.04 bits per heavy atom. The number of rotatable bonds is 3. The third kappa shape index (κ3) is 3.54. The average Bonchev–Trinajstić information content (AvgIpc) is 2.75. The van der Waals surface area contributed by atoms with E-state index in [9.17, 15) is 8.42 Å². The second-order valence-electron chi connectivity index (χ2n) is 5.11. The second-order valence-corrected chi connectivity index (χ2v) is 7.06. The maximum Gasteiger partial charge on any atom is 0.339 e. The number of ether oxygens (including phenoxy) is 2. The molecule has 5 nitrogen and oxygen atoms in total. The van der Waals surface area contributed by atoms with E-state index in [-0.39, 0.29) is 10.6 Å². The minimum atomic E-state index is -3.97. The lowest BCUT2D eigenvalue weighted by Gasteiger charge is -2.11. The predicted octanol–water partition coefficient (Wildman–Crippen LogP) is 3.58. The van der Waals surface area contributed by atoms with Gasteiger partial charge in [0.1, 0.15) is 10.6 Å². The first-order valence-electron chi connectivity index (χ1n) is 7.06. The highest BCUT2D eigenvalue weighted by atomic mass is 35.5. The summed E-state index contributed by atoms with van der Waals surface area (Å²) in [5, 5.41) is 0.547. The molecule has 3 rings (SSSR count). The summed E-state index contributed by atoms with van der Waals surface area (Å²) in [5.41, 5.74) is 0.734. The molecular weight excluding hydrogens is 340 g/mol. The van der Waals surface area contributed by atoms with E-state index in [0.29, 0.717) is 29.7 Å². The van der Waals surface area contributed by atoms with Crippen LogP contribution in [-0.2, 0) is 10.1 Å². The van der Waals surface area contributed by atoms with E-state index < -0.39 is 10.1 Å². The van der Waals surface area contributed by atoms with Gasteiger partial charge in [0.25, 0.3) is 0 Å². The number of hydrogen-bond acceptors (Lipinski definition) is 5. The van der Waals surface area contributed by atoms with Gasteiger partial charge in [0.05, 0.1) is 13.2 Å². The van der Waals surface area contributed by atoms with Crippen molar-refractivity contribution in [2.24, 2.45) is 0 Å². The molecule has 2 aromatic carbocycles. The molecule has 0 spiro atoms. The molecule has 1 aliphatic rings. The van der Waals surface area contributed by atoms with Crippen LogP contribution in [0.2, 0.25) is 5.02 Å². The molecule has 0 unspecified atom stereocenters. The summed E-state index contributed by atoms with van der Waals surface area (Å²) in [6, 6.07) is 9.10. The van der Waals surface area contributed by atoms with E-state index >= 15 is 0 Å². The monoisotopic (exact) mass is 354 g/mol. The fourth-order valence-electron chi connectivity index (χ4n) is 2.14. The molecular formula is C16H15ClO5S. The number of aryl methyl sites for hydroxylation is 1. The number of fused-ring (bicyclic) bond motifs is 1. The number of benzene rings is 2. The van der Waals surface area contributed by atoms with Crippen molar-refractivity contribution in [1.82, 2.24) is 0 Å². The van der Waals surface area contributed by atoms with Crippen molar-refractivity contribution in [3.8, 4) is 17.2 Å². The standard InChI is InChI=1S/C16H15ClO5S/c1-11-9-12(3-5-14(11)17)22-23(18,19)13-4-6-15-16(10-13)21-8-2-7-20-15/h3-6,9-10H,2,7-8H2,1H3. The lowest BCUT2D eigenvalue weighted by Crippen LogP contribution is -2.10. The van der Waals surface area contributed by atoms with Crippen LogP contribution in [0.3, 0.4) is 0 Å². The Hall–Kier alpha value is -1.92. The minimum absolute atomic E-state index is 0.00866. The van der Waals surface area contributed by atoms with Crippen molar-refractivity contribution in [3.05, 3.63) is 47.0 Å². The van der Waals surface area contributed by atoms with Crippen molar-refractivity contribution in [3.63, 3.8) is 0 Å². The van der Waals surface area contributed by atoms with Crippen LogP contribution >= 0.6 is 11.6 Å². The van der Waals surface area contributed by atoms with Crippen molar-refractivity contribution in [2.45, 2.75) is 18.2 Å². The second kappa shape index (κ2) is 6.29.